The fourth-order valence-electron chi connectivity index (χ4n) is 3.37. The fourth-order valence-corrected chi connectivity index (χ4v) is 3.54. The van der Waals surface area contributed by atoms with Gasteiger partial charge in [-0.25, -0.2) is 0 Å². The molecule has 0 aromatic heterocycles. The zero-order valence-corrected chi connectivity index (χ0v) is 17.5. The van der Waals surface area contributed by atoms with E-state index in [4.69, 9.17) is 17.0 Å². The van der Waals surface area contributed by atoms with Crippen LogP contribution in [-0.4, -0.2) is 42.9 Å². The standard InChI is InChI=1S/C20H32N4O2S/c1-4-5-6-17-7-9-18(10-8-17)21-20(27)23-22-19(25)11-12-24-13-15(2)26-16(3)14-24/h7-10,15-16H,4-6,11-14H2,1-3H3,(H,22,25)(H2,21,23,27)/p+1/t15-,16+. The quantitative estimate of drug-likeness (QED) is 0.417. The number of ether oxygens (including phenoxy) is 1. The van der Waals surface area contributed by atoms with Gasteiger partial charge < -0.3 is 15.0 Å². The Hall–Kier alpha value is -1.70. The smallest absolute Gasteiger partial charge is 0.244 e. The number of nitrogens with one attached hydrogen (secondary N) is 4. The molecule has 4 N–H and O–H groups in total. The summed E-state index contributed by atoms with van der Waals surface area (Å²) in [6.07, 6.45) is 4.43. The predicted octanol–water partition coefficient (Wildman–Crippen LogP) is 1.43. The number of benzene rings is 1. The van der Waals surface area contributed by atoms with Gasteiger partial charge in [-0.05, 0) is 56.6 Å². The number of quaternary nitrogens is 1. The molecule has 0 saturated carbocycles. The summed E-state index contributed by atoms with van der Waals surface area (Å²) >= 11 is 5.24. The number of unbranched alkanes of at least 4 members (excludes halogenated alkanes) is 1. The number of rotatable bonds is 7. The maximum atomic E-state index is 12.0. The minimum Gasteiger partial charge on any atom is -0.364 e. The lowest BCUT2D eigenvalue weighted by molar-refractivity contribution is -0.914. The summed E-state index contributed by atoms with van der Waals surface area (Å²) in [5.41, 5.74) is 7.67. The van der Waals surface area contributed by atoms with Crippen molar-refractivity contribution >= 4 is 28.9 Å². The predicted molar refractivity (Wildman–Crippen MR) is 113 cm³/mol. The molecule has 1 aromatic carbocycles. The average Bonchev–Trinajstić information content (AvgIpc) is 2.63. The summed E-state index contributed by atoms with van der Waals surface area (Å²) in [7, 11) is 0. The SMILES string of the molecule is CCCCc1ccc(NC(=S)NNC(=O)CC[NH+]2C[C@@H](C)O[C@@H](C)C2)cc1. The van der Waals surface area contributed by atoms with Crippen molar-refractivity contribution in [2.24, 2.45) is 0 Å². The molecule has 1 saturated heterocycles. The first-order valence-electron chi connectivity index (χ1n) is 9.90. The van der Waals surface area contributed by atoms with Crippen molar-refractivity contribution in [3.63, 3.8) is 0 Å². The summed E-state index contributed by atoms with van der Waals surface area (Å²) in [6.45, 7) is 9.04. The first kappa shape index (κ1) is 21.6. The van der Waals surface area contributed by atoms with Crippen molar-refractivity contribution in [3.05, 3.63) is 29.8 Å². The summed E-state index contributed by atoms with van der Waals surface area (Å²) in [6, 6.07) is 8.22. The number of anilines is 1. The summed E-state index contributed by atoms with van der Waals surface area (Å²) < 4.78 is 5.73. The van der Waals surface area contributed by atoms with Gasteiger partial charge in [0.2, 0.25) is 5.91 Å². The Balaban J connectivity index is 1.65. The van der Waals surface area contributed by atoms with Crippen molar-refractivity contribution in [1.29, 1.82) is 0 Å². The summed E-state index contributed by atoms with van der Waals surface area (Å²) in [5.74, 6) is -0.0617. The van der Waals surface area contributed by atoms with Crippen molar-refractivity contribution in [3.8, 4) is 0 Å². The first-order chi connectivity index (χ1) is 13.0. The van der Waals surface area contributed by atoms with Gasteiger partial charge in [0.15, 0.2) is 5.11 Å². The zero-order valence-electron chi connectivity index (χ0n) is 16.6. The molecule has 7 heteroatoms. The monoisotopic (exact) mass is 393 g/mol. The van der Waals surface area contributed by atoms with Crippen molar-refractivity contribution in [2.45, 2.75) is 58.7 Å². The van der Waals surface area contributed by atoms with Crippen molar-refractivity contribution in [1.82, 2.24) is 10.9 Å². The molecule has 0 radical (unpaired) electrons. The van der Waals surface area contributed by atoms with Gasteiger partial charge in [-0.1, -0.05) is 25.5 Å². The van der Waals surface area contributed by atoms with Gasteiger partial charge >= 0.3 is 0 Å². The second-order valence-corrected chi connectivity index (χ2v) is 7.75. The van der Waals surface area contributed by atoms with E-state index < -0.39 is 0 Å². The number of thiocarbonyl (C=S) groups is 1. The minimum atomic E-state index is -0.0617. The molecule has 150 valence electrons. The third kappa shape index (κ3) is 8.24. The zero-order chi connectivity index (χ0) is 19.6. The van der Waals surface area contributed by atoms with E-state index in [9.17, 15) is 4.79 Å². The number of carbonyl (C=O) groups is 1. The minimum absolute atomic E-state index is 0.0617. The number of amides is 1. The van der Waals surface area contributed by atoms with Crippen LogP contribution < -0.4 is 21.1 Å². The molecule has 1 aliphatic heterocycles. The lowest BCUT2D eigenvalue weighted by Gasteiger charge is -2.32. The van der Waals surface area contributed by atoms with Crippen LogP contribution in [0.3, 0.4) is 0 Å². The molecule has 1 unspecified atom stereocenters. The Kier molecular flexibility index (Phi) is 8.97. The molecule has 2 rings (SSSR count). The highest BCUT2D eigenvalue weighted by Gasteiger charge is 2.25. The van der Waals surface area contributed by atoms with Crippen LogP contribution in [0.2, 0.25) is 0 Å². The fraction of sp³-hybridized carbons (Fsp3) is 0.600. The van der Waals surface area contributed by atoms with Crippen LogP contribution in [0.5, 0.6) is 0 Å². The van der Waals surface area contributed by atoms with E-state index in [0.29, 0.717) is 11.5 Å². The van der Waals surface area contributed by atoms with E-state index in [1.165, 1.54) is 23.3 Å². The lowest BCUT2D eigenvalue weighted by atomic mass is 10.1. The third-order valence-electron chi connectivity index (χ3n) is 4.67. The van der Waals surface area contributed by atoms with Crippen LogP contribution in [-0.2, 0) is 16.0 Å². The number of aryl methyl sites for hydroxylation is 1. The van der Waals surface area contributed by atoms with Crippen LogP contribution in [0.15, 0.2) is 24.3 Å². The Morgan fingerprint density at radius 1 is 1.19 bits per heavy atom. The highest BCUT2D eigenvalue weighted by atomic mass is 32.1. The molecule has 1 aromatic rings. The van der Waals surface area contributed by atoms with E-state index >= 15 is 0 Å². The molecule has 0 bridgehead atoms. The number of hydrogen-bond acceptors (Lipinski definition) is 3. The molecule has 0 spiro atoms. The lowest BCUT2D eigenvalue weighted by Crippen LogP contribution is -3.15. The van der Waals surface area contributed by atoms with E-state index in [0.717, 1.165) is 31.7 Å². The van der Waals surface area contributed by atoms with E-state index in [-0.39, 0.29) is 18.1 Å². The highest BCUT2D eigenvalue weighted by molar-refractivity contribution is 7.80. The second kappa shape index (κ2) is 11.2. The van der Waals surface area contributed by atoms with Crippen LogP contribution >= 0.6 is 12.2 Å². The van der Waals surface area contributed by atoms with Crippen LogP contribution in [0.1, 0.15) is 45.6 Å². The number of hydrogen-bond donors (Lipinski definition) is 4. The molecule has 3 atom stereocenters. The van der Waals surface area contributed by atoms with E-state index in [1.54, 1.807) is 0 Å². The summed E-state index contributed by atoms with van der Waals surface area (Å²) in [4.78, 5) is 13.4. The molecule has 1 amide bonds. The average molecular weight is 394 g/mol. The topological polar surface area (TPSA) is 66.8 Å². The largest absolute Gasteiger partial charge is 0.364 e. The molecular formula is C20H33N4O2S+. The Bertz CT molecular complexity index is 599. The van der Waals surface area contributed by atoms with Gasteiger partial charge in [0.25, 0.3) is 0 Å². The van der Waals surface area contributed by atoms with Gasteiger partial charge in [0.1, 0.15) is 25.3 Å². The Morgan fingerprint density at radius 3 is 2.48 bits per heavy atom. The van der Waals surface area contributed by atoms with E-state index in [1.807, 2.05) is 12.1 Å². The van der Waals surface area contributed by atoms with Crippen LogP contribution in [0, 0.1) is 0 Å². The Morgan fingerprint density at radius 2 is 1.85 bits per heavy atom. The van der Waals surface area contributed by atoms with Gasteiger partial charge in [0.05, 0.1) is 13.0 Å². The molecule has 0 aliphatic carbocycles. The van der Waals surface area contributed by atoms with Gasteiger partial charge in [0, 0.05) is 5.69 Å². The van der Waals surface area contributed by atoms with Crippen LogP contribution in [0.25, 0.3) is 0 Å². The van der Waals surface area contributed by atoms with E-state index in [2.05, 4.69) is 49.1 Å². The van der Waals surface area contributed by atoms with Crippen molar-refractivity contribution < 1.29 is 14.4 Å². The molecule has 27 heavy (non-hydrogen) atoms. The number of hydrazine groups is 1. The molecule has 1 fully saturated rings. The normalized spacial score (nSPS) is 22.1. The molecular weight excluding hydrogens is 360 g/mol. The maximum Gasteiger partial charge on any atom is 0.244 e. The third-order valence-corrected chi connectivity index (χ3v) is 4.87. The van der Waals surface area contributed by atoms with Gasteiger partial charge in [-0.2, -0.15) is 0 Å². The number of carbonyl (C=O) groups excluding carboxylic acids is 1. The molecule has 6 nitrogen and oxygen atoms in total. The summed E-state index contributed by atoms with van der Waals surface area (Å²) in [5, 5.41) is 3.46. The van der Waals surface area contributed by atoms with Crippen LogP contribution in [0.4, 0.5) is 5.69 Å². The maximum absolute atomic E-state index is 12.0. The van der Waals surface area contributed by atoms with Gasteiger partial charge in [-0.3, -0.25) is 15.6 Å². The molecule has 1 heterocycles. The Labute approximate surface area is 168 Å². The highest BCUT2D eigenvalue weighted by Crippen LogP contribution is 2.11. The van der Waals surface area contributed by atoms with Crippen molar-refractivity contribution in [2.75, 3.05) is 25.0 Å². The number of morpholine rings is 1. The van der Waals surface area contributed by atoms with Gasteiger partial charge in [-0.15, -0.1) is 0 Å². The first-order valence-corrected chi connectivity index (χ1v) is 10.3. The second-order valence-electron chi connectivity index (χ2n) is 7.34. The molecule has 1 aliphatic rings.